The minimum Gasteiger partial charge on any atom is -0.330 e. The van der Waals surface area contributed by atoms with Crippen molar-refractivity contribution in [2.75, 3.05) is 13.1 Å². The van der Waals surface area contributed by atoms with Gasteiger partial charge in [0, 0.05) is 39.3 Å². The molecule has 0 radical (unpaired) electrons. The first-order valence-corrected chi connectivity index (χ1v) is 10.5. The van der Waals surface area contributed by atoms with Crippen LogP contribution < -0.4 is 0 Å². The van der Waals surface area contributed by atoms with Crippen molar-refractivity contribution in [1.82, 2.24) is 28.9 Å². The molecule has 2 aromatic carbocycles. The van der Waals surface area contributed by atoms with Crippen LogP contribution in [0.1, 0.15) is 18.1 Å². The molecule has 0 spiro atoms. The lowest BCUT2D eigenvalue weighted by Gasteiger charge is -2.33. The summed E-state index contributed by atoms with van der Waals surface area (Å²) in [5.41, 5.74) is 4.63. The summed E-state index contributed by atoms with van der Waals surface area (Å²) in [5.74, 6) is 2.33. The Balaban J connectivity index is 1.17. The maximum absolute atomic E-state index is 4.88. The number of nitrogens with zero attached hydrogens (tertiary/aromatic N) is 6. The summed E-state index contributed by atoms with van der Waals surface area (Å²) in [4.78, 5) is 15.0. The zero-order valence-electron chi connectivity index (χ0n) is 17.0. The van der Waals surface area contributed by atoms with Gasteiger partial charge in [0.25, 0.3) is 0 Å². The molecule has 29 heavy (non-hydrogen) atoms. The van der Waals surface area contributed by atoms with E-state index in [9.17, 15) is 0 Å². The zero-order chi connectivity index (χ0) is 19.5. The van der Waals surface area contributed by atoms with Gasteiger partial charge in [0.1, 0.15) is 11.6 Å². The minimum atomic E-state index is 0.620. The van der Waals surface area contributed by atoms with E-state index in [0.29, 0.717) is 12.1 Å². The third-order valence-corrected chi connectivity index (χ3v) is 6.92. The van der Waals surface area contributed by atoms with Crippen LogP contribution in [0.5, 0.6) is 0 Å². The number of aromatic nitrogens is 4. The minimum absolute atomic E-state index is 0.620. The van der Waals surface area contributed by atoms with Gasteiger partial charge in [-0.2, -0.15) is 0 Å². The summed E-state index contributed by atoms with van der Waals surface area (Å²) >= 11 is 0. The second-order valence-corrected chi connectivity index (χ2v) is 8.55. The van der Waals surface area contributed by atoms with Crippen molar-refractivity contribution < 1.29 is 0 Å². The second-order valence-electron chi connectivity index (χ2n) is 8.55. The molecule has 4 heterocycles. The van der Waals surface area contributed by atoms with Crippen LogP contribution in [-0.2, 0) is 27.2 Å². The largest absolute Gasteiger partial charge is 0.330 e. The molecule has 2 atom stereocenters. The molecular weight excluding hydrogens is 360 g/mol. The van der Waals surface area contributed by atoms with Crippen LogP contribution in [0.4, 0.5) is 0 Å². The molecule has 148 valence electrons. The lowest BCUT2D eigenvalue weighted by molar-refractivity contribution is 0.112. The normalized spacial score (nSPS) is 22.4. The molecule has 2 aliphatic heterocycles. The first kappa shape index (κ1) is 17.2. The Morgan fingerprint density at radius 3 is 1.59 bits per heavy atom. The molecule has 0 aliphatic carbocycles. The van der Waals surface area contributed by atoms with Gasteiger partial charge in [0.05, 0.1) is 35.2 Å². The molecule has 0 amide bonds. The van der Waals surface area contributed by atoms with Gasteiger partial charge in [-0.3, -0.25) is 9.80 Å². The molecule has 2 bridgehead atoms. The zero-order valence-corrected chi connectivity index (χ0v) is 17.0. The summed E-state index contributed by atoms with van der Waals surface area (Å²) in [7, 11) is 4.27. The summed E-state index contributed by atoms with van der Waals surface area (Å²) in [5, 5.41) is 0. The van der Waals surface area contributed by atoms with E-state index in [1.54, 1.807) is 0 Å². The Kier molecular flexibility index (Phi) is 3.79. The highest BCUT2D eigenvalue weighted by atomic mass is 15.4. The fourth-order valence-electron chi connectivity index (χ4n) is 5.26. The van der Waals surface area contributed by atoms with E-state index >= 15 is 0 Å². The number of para-hydroxylation sites is 4. The van der Waals surface area contributed by atoms with E-state index in [1.807, 2.05) is 0 Å². The monoisotopic (exact) mass is 386 g/mol. The summed E-state index contributed by atoms with van der Waals surface area (Å²) < 4.78 is 4.50. The highest BCUT2D eigenvalue weighted by Crippen LogP contribution is 2.33. The van der Waals surface area contributed by atoms with Gasteiger partial charge in [0.2, 0.25) is 0 Å². The van der Waals surface area contributed by atoms with Crippen LogP contribution in [0.3, 0.4) is 0 Å². The standard InChI is InChI=1S/C23H26N6/c1-26-20-9-5-3-7-18(20)24-22(26)14-28-12-17-11-16(28)13-29(17)15-23-25-19-8-4-6-10-21(19)27(23)2/h3-10,16-17H,11-15H2,1-2H3. The number of rotatable bonds is 4. The van der Waals surface area contributed by atoms with Crippen LogP contribution in [0.2, 0.25) is 0 Å². The predicted molar refractivity (Wildman–Crippen MR) is 114 cm³/mol. The van der Waals surface area contributed by atoms with E-state index in [2.05, 4.69) is 81.6 Å². The van der Waals surface area contributed by atoms with Crippen LogP contribution in [0.25, 0.3) is 22.1 Å². The number of hydrogen-bond donors (Lipinski definition) is 0. The molecular formula is C23H26N6. The highest BCUT2D eigenvalue weighted by Gasteiger charge is 2.43. The molecule has 6 heteroatoms. The van der Waals surface area contributed by atoms with Crippen molar-refractivity contribution in [2.24, 2.45) is 14.1 Å². The van der Waals surface area contributed by atoms with Gasteiger partial charge in [-0.05, 0) is 30.7 Å². The van der Waals surface area contributed by atoms with Crippen molar-refractivity contribution >= 4 is 22.1 Å². The first-order valence-electron chi connectivity index (χ1n) is 10.5. The highest BCUT2D eigenvalue weighted by molar-refractivity contribution is 5.76. The van der Waals surface area contributed by atoms with E-state index in [1.165, 1.54) is 29.1 Å². The lowest BCUT2D eigenvalue weighted by atomic mass is 10.2. The Hall–Kier alpha value is -2.70. The second kappa shape index (κ2) is 6.40. The Bertz CT molecular complexity index is 1110. The number of piperazine rings is 1. The lowest BCUT2D eigenvalue weighted by Crippen LogP contribution is -2.46. The predicted octanol–water partition coefficient (Wildman–Crippen LogP) is 2.92. The Morgan fingerprint density at radius 1 is 0.724 bits per heavy atom. The van der Waals surface area contributed by atoms with Crippen LogP contribution in [-0.4, -0.2) is 54.1 Å². The third kappa shape index (κ3) is 2.70. The molecule has 6 nitrogen and oxygen atoms in total. The van der Waals surface area contributed by atoms with Gasteiger partial charge in [-0.25, -0.2) is 9.97 Å². The molecule has 2 aliphatic rings. The SMILES string of the molecule is Cn1c(CN2CC3CC2CN3Cc2nc3ccccc3n2C)nc2ccccc21. The summed E-state index contributed by atoms with van der Waals surface area (Å²) in [6.07, 6.45) is 1.26. The van der Waals surface area contributed by atoms with Crippen LogP contribution in [0.15, 0.2) is 48.5 Å². The van der Waals surface area contributed by atoms with Gasteiger partial charge >= 0.3 is 0 Å². The molecule has 6 rings (SSSR count). The van der Waals surface area contributed by atoms with E-state index in [-0.39, 0.29) is 0 Å². The average Bonchev–Trinajstić information content (AvgIpc) is 3.47. The van der Waals surface area contributed by atoms with Crippen molar-refractivity contribution in [3.05, 3.63) is 60.2 Å². The smallest absolute Gasteiger partial charge is 0.123 e. The van der Waals surface area contributed by atoms with Crippen molar-refractivity contribution in [1.29, 1.82) is 0 Å². The maximum Gasteiger partial charge on any atom is 0.123 e. The van der Waals surface area contributed by atoms with Crippen molar-refractivity contribution in [3.8, 4) is 0 Å². The quantitative estimate of drug-likeness (QED) is 0.541. The van der Waals surface area contributed by atoms with Crippen LogP contribution >= 0.6 is 0 Å². The van der Waals surface area contributed by atoms with Crippen molar-refractivity contribution in [3.63, 3.8) is 0 Å². The molecule has 4 aromatic rings. The number of likely N-dealkylation sites (tertiary alicyclic amines) is 2. The number of fused-ring (bicyclic) bond motifs is 4. The number of imidazole rings is 2. The molecule has 0 N–H and O–H groups in total. The fourth-order valence-corrected chi connectivity index (χ4v) is 5.26. The molecule has 2 fully saturated rings. The van der Waals surface area contributed by atoms with E-state index < -0.39 is 0 Å². The van der Waals surface area contributed by atoms with Gasteiger partial charge in [-0.15, -0.1) is 0 Å². The fraction of sp³-hybridized carbons (Fsp3) is 0.391. The van der Waals surface area contributed by atoms with Crippen molar-refractivity contribution in [2.45, 2.75) is 31.6 Å². The average molecular weight is 387 g/mol. The van der Waals surface area contributed by atoms with Gasteiger partial charge in [0.15, 0.2) is 0 Å². The third-order valence-electron chi connectivity index (χ3n) is 6.92. The van der Waals surface area contributed by atoms with Gasteiger partial charge in [-0.1, -0.05) is 24.3 Å². The number of benzene rings is 2. The van der Waals surface area contributed by atoms with E-state index in [4.69, 9.17) is 9.97 Å². The maximum atomic E-state index is 4.88. The Morgan fingerprint density at radius 2 is 1.17 bits per heavy atom. The Labute approximate surface area is 170 Å². The van der Waals surface area contributed by atoms with Gasteiger partial charge < -0.3 is 9.13 Å². The van der Waals surface area contributed by atoms with E-state index in [0.717, 1.165) is 37.2 Å². The number of hydrogen-bond acceptors (Lipinski definition) is 4. The molecule has 2 saturated heterocycles. The number of aryl methyl sites for hydroxylation is 2. The molecule has 2 aromatic heterocycles. The first-order chi connectivity index (χ1) is 14.2. The molecule has 2 unspecified atom stereocenters. The summed E-state index contributed by atoms with van der Waals surface area (Å²) in [6, 6.07) is 18.1. The topological polar surface area (TPSA) is 42.1 Å². The van der Waals surface area contributed by atoms with Crippen LogP contribution in [0, 0.1) is 0 Å². The summed E-state index contributed by atoms with van der Waals surface area (Å²) in [6.45, 7) is 4.12. The molecule has 0 saturated carbocycles.